The third kappa shape index (κ3) is 1.79. The van der Waals surface area contributed by atoms with Gasteiger partial charge < -0.3 is 10.6 Å². The van der Waals surface area contributed by atoms with E-state index in [0.717, 1.165) is 23.6 Å². The van der Waals surface area contributed by atoms with Crippen molar-refractivity contribution in [2.24, 2.45) is 23.5 Å². The molecule has 0 unspecified atom stereocenters. The van der Waals surface area contributed by atoms with Crippen molar-refractivity contribution < 1.29 is 0 Å². The second kappa shape index (κ2) is 4.45. The minimum atomic E-state index is 0.368. The highest BCUT2D eigenvalue weighted by Crippen LogP contribution is 2.58. The maximum Gasteiger partial charge on any atom is 0.133 e. The van der Waals surface area contributed by atoms with Gasteiger partial charge in [0.25, 0.3) is 0 Å². The highest BCUT2D eigenvalue weighted by atomic mass is 15.2. The van der Waals surface area contributed by atoms with Gasteiger partial charge in [0, 0.05) is 30.9 Å². The SMILES string of the molecule is CN(c1ncccc1CN)C12CC3CC(CC(C3)C1)C2. The monoisotopic (exact) mass is 271 g/mol. The van der Waals surface area contributed by atoms with E-state index < -0.39 is 0 Å². The van der Waals surface area contributed by atoms with Crippen molar-refractivity contribution in [2.45, 2.75) is 50.6 Å². The number of hydrogen-bond acceptors (Lipinski definition) is 3. The quantitative estimate of drug-likeness (QED) is 0.919. The van der Waals surface area contributed by atoms with Crippen molar-refractivity contribution in [1.82, 2.24) is 4.98 Å². The molecule has 0 radical (unpaired) electrons. The summed E-state index contributed by atoms with van der Waals surface area (Å²) in [5.41, 5.74) is 7.47. The first-order chi connectivity index (χ1) is 9.70. The van der Waals surface area contributed by atoms with Gasteiger partial charge in [-0.1, -0.05) is 6.07 Å². The Morgan fingerprint density at radius 3 is 2.35 bits per heavy atom. The molecule has 4 aliphatic rings. The normalized spacial score (nSPS) is 38.2. The molecule has 0 aliphatic heterocycles. The van der Waals surface area contributed by atoms with Gasteiger partial charge >= 0.3 is 0 Å². The van der Waals surface area contributed by atoms with Gasteiger partial charge in [0.15, 0.2) is 0 Å². The molecule has 1 aromatic heterocycles. The number of nitrogens with two attached hydrogens (primary N) is 1. The van der Waals surface area contributed by atoms with E-state index in [9.17, 15) is 0 Å². The second-order valence-electron chi connectivity index (χ2n) is 7.39. The molecule has 2 N–H and O–H groups in total. The van der Waals surface area contributed by atoms with E-state index in [4.69, 9.17) is 5.73 Å². The molecule has 20 heavy (non-hydrogen) atoms. The van der Waals surface area contributed by atoms with Crippen LogP contribution < -0.4 is 10.6 Å². The van der Waals surface area contributed by atoms with E-state index in [1.54, 1.807) is 0 Å². The van der Waals surface area contributed by atoms with Crippen molar-refractivity contribution in [2.75, 3.05) is 11.9 Å². The Morgan fingerprint density at radius 2 is 1.80 bits per heavy atom. The van der Waals surface area contributed by atoms with Crippen LogP contribution in [-0.2, 0) is 6.54 Å². The zero-order valence-corrected chi connectivity index (χ0v) is 12.4. The van der Waals surface area contributed by atoms with Crippen LogP contribution in [0.15, 0.2) is 18.3 Å². The van der Waals surface area contributed by atoms with Crippen molar-refractivity contribution in [3.8, 4) is 0 Å². The molecule has 4 bridgehead atoms. The van der Waals surface area contributed by atoms with Gasteiger partial charge in [-0.05, 0) is 62.3 Å². The lowest BCUT2D eigenvalue weighted by molar-refractivity contribution is -0.00235. The Labute approximate surface area is 121 Å². The van der Waals surface area contributed by atoms with Crippen LogP contribution in [0.3, 0.4) is 0 Å². The van der Waals surface area contributed by atoms with Crippen LogP contribution in [0.1, 0.15) is 44.1 Å². The lowest BCUT2D eigenvalue weighted by Gasteiger charge is -2.60. The predicted molar refractivity (Wildman–Crippen MR) is 81.4 cm³/mol. The van der Waals surface area contributed by atoms with E-state index >= 15 is 0 Å². The highest BCUT2D eigenvalue weighted by molar-refractivity contribution is 5.49. The number of nitrogens with zero attached hydrogens (tertiary/aromatic N) is 2. The van der Waals surface area contributed by atoms with Crippen LogP contribution in [-0.4, -0.2) is 17.6 Å². The fourth-order valence-electron chi connectivity index (χ4n) is 5.59. The van der Waals surface area contributed by atoms with Gasteiger partial charge in [0.2, 0.25) is 0 Å². The molecule has 3 heteroatoms. The molecular formula is C17H25N3. The summed E-state index contributed by atoms with van der Waals surface area (Å²) in [7, 11) is 2.26. The Bertz CT molecular complexity index is 475. The molecule has 4 aliphatic carbocycles. The minimum absolute atomic E-state index is 0.368. The fraction of sp³-hybridized carbons (Fsp3) is 0.706. The molecule has 4 fully saturated rings. The number of pyridine rings is 1. The van der Waals surface area contributed by atoms with E-state index in [2.05, 4.69) is 23.0 Å². The first-order valence-corrected chi connectivity index (χ1v) is 8.08. The average Bonchev–Trinajstić information content (AvgIpc) is 2.45. The van der Waals surface area contributed by atoms with E-state index in [1.165, 1.54) is 44.1 Å². The topological polar surface area (TPSA) is 42.2 Å². The summed E-state index contributed by atoms with van der Waals surface area (Å²) in [4.78, 5) is 7.15. The summed E-state index contributed by atoms with van der Waals surface area (Å²) in [5.74, 6) is 4.02. The minimum Gasteiger partial charge on any atom is -0.354 e. The summed E-state index contributed by atoms with van der Waals surface area (Å²) in [5, 5.41) is 0. The van der Waals surface area contributed by atoms with Crippen molar-refractivity contribution in [3.63, 3.8) is 0 Å². The van der Waals surface area contributed by atoms with Crippen LogP contribution in [0.25, 0.3) is 0 Å². The molecule has 1 heterocycles. The molecule has 3 nitrogen and oxygen atoms in total. The van der Waals surface area contributed by atoms with E-state index in [-0.39, 0.29) is 0 Å². The molecule has 4 saturated carbocycles. The van der Waals surface area contributed by atoms with Crippen LogP contribution in [0.2, 0.25) is 0 Å². The first-order valence-electron chi connectivity index (χ1n) is 8.08. The van der Waals surface area contributed by atoms with Crippen LogP contribution >= 0.6 is 0 Å². The lowest BCUT2D eigenvalue weighted by Crippen LogP contribution is -2.59. The average molecular weight is 271 g/mol. The van der Waals surface area contributed by atoms with E-state index in [1.807, 2.05) is 12.3 Å². The number of hydrogen-bond donors (Lipinski definition) is 1. The first kappa shape index (κ1) is 12.6. The van der Waals surface area contributed by atoms with Gasteiger partial charge in [-0.15, -0.1) is 0 Å². The molecule has 108 valence electrons. The highest BCUT2D eigenvalue weighted by Gasteiger charge is 2.53. The summed E-state index contributed by atoms with van der Waals surface area (Å²) in [6, 6.07) is 4.12. The Kier molecular flexibility index (Phi) is 2.81. The summed E-state index contributed by atoms with van der Waals surface area (Å²) < 4.78 is 0. The lowest BCUT2D eigenvalue weighted by atomic mass is 9.52. The molecule has 0 amide bonds. The van der Waals surface area contributed by atoms with Gasteiger partial charge in [0.05, 0.1) is 0 Å². The number of rotatable bonds is 3. The maximum atomic E-state index is 5.91. The molecule has 1 aromatic rings. The fourth-order valence-corrected chi connectivity index (χ4v) is 5.59. The van der Waals surface area contributed by atoms with Gasteiger partial charge in [-0.25, -0.2) is 4.98 Å². The molecule has 0 atom stereocenters. The van der Waals surface area contributed by atoms with Crippen molar-refractivity contribution in [1.29, 1.82) is 0 Å². The third-order valence-corrected chi connectivity index (χ3v) is 6.12. The zero-order chi connectivity index (χ0) is 13.7. The summed E-state index contributed by atoms with van der Waals surface area (Å²) in [6.07, 6.45) is 10.5. The van der Waals surface area contributed by atoms with Crippen LogP contribution in [0.4, 0.5) is 5.82 Å². The van der Waals surface area contributed by atoms with E-state index in [0.29, 0.717) is 12.1 Å². The summed E-state index contributed by atoms with van der Waals surface area (Å²) >= 11 is 0. The summed E-state index contributed by atoms with van der Waals surface area (Å²) in [6.45, 7) is 0.583. The third-order valence-electron chi connectivity index (χ3n) is 6.12. The number of anilines is 1. The molecule has 0 aromatic carbocycles. The van der Waals surface area contributed by atoms with Crippen LogP contribution in [0.5, 0.6) is 0 Å². The Morgan fingerprint density at radius 1 is 1.20 bits per heavy atom. The number of aromatic nitrogens is 1. The van der Waals surface area contributed by atoms with Crippen molar-refractivity contribution in [3.05, 3.63) is 23.9 Å². The second-order valence-corrected chi connectivity index (χ2v) is 7.39. The Hall–Kier alpha value is -1.09. The smallest absolute Gasteiger partial charge is 0.133 e. The Balaban J connectivity index is 1.69. The molecule has 5 rings (SSSR count). The van der Waals surface area contributed by atoms with Gasteiger partial charge in [0.1, 0.15) is 5.82 Å². The zero-order valence-electron chi connectivity index (χ0n) is 12.4. The van der Waals surface area contributed by atoms with Crippen LogP contribution in [0, 0.1) is 17.8 Å². The molecule has 0 saturated heterocycles. The van der Waals surface area contributed by atoms with Gasteiger partial charge in [-0.2, -0.15) is 0 Å². The molecular weight excluding hydrogens is 246 g/mol. The standard InChI is InChI=1S/C17H25N3/c1-20(16-15(11-18)3-2-4-19-16)17-8-12-5-13(9-17)7-14(6-12)10-17/h2-4,12-14H,5-11,18H2,1H3. The maximum absolute atomic E-state index is 5.91. The molecule has 0 spiro atoms. The predicted octanol–water partition coefficient (Wildman–Crippen LogP) is 2.95. The largest absolute Gasteiger partial charge is 0.354 e. The van der Waals surface area contributed by atoms with Gasteiger partial charge in [-0.3, -0.25) is 0 Å². The van der Waals surface area contributed by atoms with Crippen molar-refractivity contribution >= 4 is 5.82 Å².